The van der Waals surface area contributed by atoms with Gasteiger partial charge in [0, 0.05) is 0 Å². The quantitative estimate of drug-likeness (QED) is 0.677. The second kappa shape index (κ2) is 8.73. The molecule has 0 aromatic heterocycles. The van der Waals surface area contributed by atoms with Crippen LogP contribution in [0.3, 0.4) is 0 Å². The van der Waals surface area contributed by atoms with Crippen LogP contribution in [0, 0.1) is 0 Å². The molecule has 0 aromatic rings. The van der Waals surface area contributed by atoms with E-state index in [2.05, 4.69) is 26.4 Å². The van der Waals surface area contributed by atoms with Gasteiger partial charge in [-0.1, -0.05) is 13.8 Å². The Kier molecular flexibility index (Phi) is 9.55. The Morgan fingerprint density at radius 2 is 1.25 bits per heavy atom. The highest BCUT2D eigenvalue weighted by Crippen LogP contribution is 2.39. The monoisotopic (exact) mass is 240 g/mol. The van der Waals surface area contributed by atoms with Gasteiger partial charge in [0.1, 0.15) is 0 Å². The number of hydrogen-bond acceptors (Lipinski definition) is 4. The van der Waals surface area contributed by atoms with E-state index in [1.54, 1.807) is 0 Å². The fourth-order valence-electron chi connectivity index (χ4n) is 0.672. The molecule has 0 aromatic carbocycles. The lowest BCUT2D eigenvalue weighted by molar-refractivity contribution is 1.53. The highest BCUT2D eigenvalue weighted by Gasteiger charge is 2.04. The summed E-state index contributed by atoms with van der Waals surface area (Å²) in [7, 11) is 0. The van der Waals surface area contributed by atoms with Crippen LogP contribution in [-0.2, 0) is 0 Å². The van der Waals surface area contributed by atoms with E-state index >= 15 is 0 Å². The maximum absolute atomic E-state index is 2.21. The number of rotatable bonds is 6. The molecule has 0 nitrogen and oxygen atoms in total. The average Bonchev–Trinajstić information content (AvgIpc) is 2.07. The van der Waals surface area contributed by atoms with Crippen LogP contribution in [-0.4, -0.2) is 24.0 Å². The highest BCUT2D eigenvalue weighted by atomic mass is 32.2. The molecule has 0 saturated heterocycles. The molecule has 0 bridgehead atoms. The summed E-state index contributed by atoms with van der Waals surface area (Å²) in [6, 6.07) is 0. The Balaban J connectivity index is 4.27. The zero-order chi connectivity index (χ0) is 9.40. The Bertz CT molecular complexity index is 128. The molecular formula is C8H16S4. The van der Waals surface area contributed by atoms with Crippen LogP contribution in [0.5, 0.6) is 0 Å². The first-order valence-corrected chi connectivity index (χ1v) is 8.30. The standard InChI is InChI=1S/C8H16S4/c1-5-11-8(12-6-2)7(9-3)10-4/h5-6H2,1-4H3. The van der Waals surface area contributed by atoms with E-state index in [0.29, 0.717) is 0 Å². The summed E-state index contributed by atoms with van der Waals surface area (Å²) in [4.78, 5) is 0. The van der Waals surface area contributed by atoms with Gasteiger partial charge in [0.25, 0.3) is 0 Å². The molecule has 0 aliphatic heterocycles. The minimum Gasteiger partial charge on any atom is -0.121 e. The first-order valence-electron chi connectivity index (χ1n) is 3.87. The summed E-state index contributed by atoms with van der Waals surface area (Å²) in [5.74, 6) is 2.35. The number of hydrogen-bond donors (Lipinski definition) is 0. The summed E-state index contributed by atoms with van der Waals surface area (Å²) in [5, 5.41) is 0. The van der Waals surface area contributed by atoms with Crippen LogP contribution >= 0.6 is 47.0 Å². The van der Waals surface area contributed by atoms with Gasteiger partial charge >= 0.3 is 0 Å². The Labute approximate surface area is 93.1 Å². The van der Waals surface area contributed by atoms with E-state index in [9.17, 15) is 0 Å². The van der Waals surface area contributed by atoms with Crippen molar-refractivity contribution in [1.82, 2.24) is 0 Å². The minimum atomic E-state index is 1.17. The minimum absolute atomic E-state index is 1.17. The zero-order valence-electron chi connectivity index (χ0n) is 8.05. The third kappa shape index (κ3) is 5.00. The Morgan fingerprint density at radius 3 is 1.50 bits per heavy atom. The van der Waals surface area contributed by atoms with Gasteiger partial charge in [0.15, 0.2) is 0 Å². The molecule has 0 fully saturated rings. The van der Waals surface area contributed by atoms with Crippen LogP contribution in [0.15, 0.2) is 8.47 Å². The molecule has 0 atom stereocenters. The average molecular weight is 240 g/mol. The Morgan fingerprint density at radius 1 is 0.833 bits per heavy atom. The maximum Gasteiger partial charge on any atom is 0.0602 e. The predicted molar refractivity (Wildman–Crippen MR) is 70.3 cm³/mol. The summed E-state index contributed by atoms with van der Waals surface area (Å²) in [5.41, 5.74) is 0. The van der Waals surface area contributed by atoms with E-state index < -0.39 is 0 Å². The van der Waals surface area contributed by atoms with Crippen LogP contribution in [0.2, 0.25) is 0 Å². The normalized spacial score (nSPS) is 10.0. The van der Waals surface area contributed by atoms with Crippen molar-refractivity contribution in [3.05, 3.63) is 8.47 Å². The molecule has 4 heteroatoms. The summed E-state index contributed by atoms with van der Waals surface area (Å²) >= 11 is 7.64. The topological polar surface area (TPSA) is 0 Å². The van der Waals surface area contributed by atoms with Crippen molar-refractivity contribution in [2.24, 2.45) is 0 Å². The second-order valence-corrected chi connectivity index (χ2v) is 6.55. The SMILES string of the molecule is CCSC(SCC)=C(SC)SC. The van der Waals surface area contributed by atoms with Crippen LogP contribution in [0.4, 0.5) is 0 Å². The Hall–Kier alpha value is 1.14. The molecule has 12 heavy (non-hydrogen) atoms. The summed E-state index contributed by atoms with van der Waals surface area (Å²) in [6.45, 7) is 4.42. The van der Waals surface area contributed by atoms with Crippen LogP contribution in [0.1, 0.15) is 13.8 Å². The first-order chi connectivity index (χ1) is 5.79. The molecule has 0 saturated carbocycles. The molecule has 0 unspecified atom stereocenters. The highest BCUT2D eigenvalue weighted by molar-refractivity contribution is 8.27. The fraction of sp³-hybridized carbons (Fsp3) is 0.750. The van der Waals surface area contributed by atoms with Crippen LogP contribution in [0.25, 0.3) is 0 Å². The molecule has 0 rings (SSSR count). The fourth-order valence-corrected chi connectivity index (χ4v) is 5.18. The molecular weight excluding hydrogens is 224 g/mol. The lowest BCUT2D eigenvalue weighted by atomic mass is 11.0. The van der Waals surface area contributed by atoms with Gasteiger partial charge in [-0.15, -0.1) is 47.0 Å². The first kappa shape index (κ1) is 13.1. The van der Waals surface area contributed by atoms with Gasteiger partial charge in [-0.05, 0) is 24.0 Å². The van der Waals surface area contributed by atoms with E-state index in [4.69, 9.17) is 0 Å². The maximum atomic E-state index is 2.21. The van der Waals surface area contributed by atoms with E-state index in [0.717, 1.165) is 0 Å². The predicted octanol–water partition coefficient (Wildman–Crippen LogP) is 4.35. The van der Waals surface area contributed by atoms with Gasteiger partial charge in [-0.25, -0.2) is 0 Å². The van der Waals surface area contributed by atoms with Gasteiger partial charge < -0.3 is 0 Å². The molecule has 0 aliphatic carbocycles. The number of thioether (sulfide) groups is 4. The summed E-state index contributed by atoms with van der Waals surface area (Å²) in [6.07, 6.45) is 4.30. The van der Waals surface area contributed by atoms with Crippen molar-refractivity contribution in [1.29, 1.82) is 0 Å². The molecule has 72 valence electrons. The molecule has 0 radical (unpaired) electrons. The molecule has 0 N–H and O–H groups in total. The largest absolute Gasteiger partial charge is 0.121 e. The van der Waals surface area contributed by atoms with Gasteiger partial charge in [0.2, 0.25) is 0 Å². The third-order valence-corrected chi connectivity index (χ3v) is 5.97. The van der Waals surface area contributed by atoms with E-state index in [-0.39, 0.29) is 0 Å². The molecule has 0 aliphatic rings. The second-order valence-electron chi connectivity index (χ2n) is 1.85. The van der Waals surface area contributed by atoms with Crippen LogP contribution < -0.4 is 0 Å². The third-order valence-electron chi connectivity index (χ3n) is 1.09. The van der Waals surface area contributed by atoms with Crippen molar-refractivity contribution < 1.29 is 0 Å². The van der Waals surface area contributed by atoms with E-state index in [1.807, 2.05) is 47.0 Å². The zero-order valence-corrected chi connectivity index (χ0v) is 11.3. The molecule has 0 heterocycles. The smallest absolute Gasteiger partial charge is 0.0602 e. The van der Waals surface area contributed by atoms with Crippen molar-refractivity contribution in [3.63, 3.8) is 0 Å². The van der Waals surface area contributed by atoms with Gasteiger partial charge in [0.05, 0.1) is 8.47 Å². The van der Waals surface area contributed by atoms with Gasteiger partial charge in [-0.2, -0.15) is 0 Å². The van der Waals surface area contributed by atoms with E-state index in [1.165, 1.54) is 20.0 Å². The molecule has 0 spiro atoms. The van der Waals surface area contributed by atoms with Crippen molar-refractivity contribution in [2.75, 3.05) is 24.0 Å². The lowest BCUT2D eigenvalue weighted by Gasteiger charge is -2.08. The van der Waals surface area contributed by atoms with Crippen molar-refractivity contribution in [3.8, 4) is 0 Å². The lowest BCUT2D eigenvalue weighted by Crippen LogP contribution is -1.78. The summed E-state index contributed by atoms with van der Waals surface area (Å²) < 4.78 is 2.97. The van der Waals surface area contributed by atoms with Gasteiger partial charge in [-0.3, -0.25) is 0 Å². The van der Waals surface area contributed by atoms with Crippen molar-refractivity contribution in [2.45, 2.75) is 13.8 Å². The molecule has 0 amide bonds. The van der Waals surface area contributed by atoms with Crippen molar-refractivity contribution >= 4 is 47.0 Å².